The third kappa shape index (κ3) is 4.06. The van der Waals surface area contributed by atoms with Gasteiger partial charge in [-0.05, 0) is 55.9 Å². The molecule has 0 aromatic heterocycles. The maximum atomic E-state index is 13.9. The topological polar surface area (TPSA) is 32.7 Å². The summed E-state index contributed by atoms with van der Waals surface area (Å²) in [5.74, 6) is 0.431. The minimum Gasteiger partial charge on any atom is -0.339 e. The van der Waals surface area contributed by atoms with Crippen molar-refractivity contribution in [2.45, 2.75) is 32.6 Å². The van der Waals surface area contributed by atoms with Gasteiger partial charge in [-0.2, -0.15) is 0 Å². The van der Waals surface area contributed by atoms with Crippen LogP contribution >= 0.6 is 0 Å². The number of hydrogen-bond donors (Lipinski definition) is 0. The molecule has 0 aliphatic carbocycles. The third-order valence-corrected chi connectivity index (χ3v) is 5.71. The summed E-state index contributed by atoms with van der Waals surface area (Å²) < 4.78 is 13.9. The molecular weight excluding hydrogens is 351 g/mol. The number of likely N-dealkylation sites (tertiary alicyclic amines) is 1. The van der Waals surface area contributed by atoms with E-state index in [1.807, 2.05) is 30.0 Å². The first-order valence-electron chi connectivity index (χ1n) is 9.97. The van der Waals surface area contributed by atoms with Gasteiger partial charge >= 0.3 is 0 Å². The Hall–Kier alpha value is -2.75. The Labute approximate surface area is 165 Å². The predicted molar refractivity (Wildman–Crippen MR) is 111 cm³/mol. The monoisotopic (exact) mass is 376 g/mol. The van der Waals surface area contributed by atoms with Gasteiger partial charge in [0.15, 0.2) is 0 Å². The quantitative estimate of drug-likeness (QED) is 0.695. The molecular formula is C24H25FN2O. The Morgan fingerprint density at radius 1 is 1.11 bits per heavy atom. The van der Waals surface area contributed by atoms with Crippen LogP contribution in [0.25, 0.3) is 11.1 Å². The molecule has 2 aromatic carbocycles. The van der Waals surface area contributed by atoms with E-state index < -0.39 is 0 Å². The van der Waals surface area contributed by atoms with E-state index >= 15 is 0 Å². The zero-order valence-corrected chi connectivity index (χ0v) is 16.2. The van der Waals surface area contributed by atoms with Gasteiger partial charge in [-0.25, -0.2) is 4.39 Å². The van der Waals surface area contributed by atoms with E-state index in [9.17, 15) is 9.18 Å². The highest BCUT2D eigenvalue weighted by atomic mass is 19.1. The summed E-state index contributed by atoms with van der Waals surface area (Å²) in [6.45, 7) is 3.63. The molecule has 28 heavy (non-hydrogen) atoms. The van der Waals surface area contributed by atoms with Crippen LogP contribution in [0.2, 0.25) is 0 Å². The predicted octanol–water partition coefficient (Wildman–Crippen LogP) is 5.48. The number of piperidine rings is 1. The fourth-order valence-electron chi connectivity index (χ4n) is 4.08. The van der Waals surface area contributed by atoms with Gasteiger partial charge in [0.2, 0.25) is 0 Å². The summed E-state index contributed by atoms with van der Waals surface area (Å²) in [5, 5.41) is 0. The Bertz CT molecular complexity index is 922. The standard InChI is InChI=1S/C24H25FN2O/c1-17-6-11-21(26-17)16-18-12-14-27(15-13-18)24(28)20-9-7-19(8-10-20)22-4-2-3-5-23(22)25/h2-10,18H,11-16H2,1H3. The molecule has 1 amide bonds. The van der Waals surface area contributed by atoms with Crippen LogP contribution in [0.3, 0.4) is 0 Å². The van der Waals surface area contributed by atoms with Crippen LogP contribution in [-0.2, 0) is 0 Å². The second-order valence-electron chi connectivity index (χ2n) is 7.72. The van der Waals surface area contributed by atoms with Crippen molar-refractivity contribution in [1.29, 1.82) is 0 Å². The van der Waals surface area contributed by atoms with Gasteiger partial charge in [-0.1, -0.05) is 36.4 Å². The lowest BCUT2D eigenvalue weighted by Crippen LogP contribution is -2.38. The summed E-state index contributed by atoms with van der Waals surface area (Å²) in [5.41, 5.74) is 4.42. The number of aliphatic imine (C=N–C) groups is 1. The first-order chi connectivity index (χ1) is 13.6. The molecule has 0 N–H and O–H groups in total. The minimum absolute atomic E-state index is 0.0641. The lowest BCUT2D eigenvalue weighted by Gasteiger charge is -2.32. The second kappa shape index (κ2) is 8.09. The molecule has 0 saturated carbocycles. The maximum absolute atomic E-state index is 13.9. The summed E-state index contributed by atoms with van der Waals surface area (Å²) in [6, 6.07) is 14.0. The van der Waals surface area contributed by atoms with Crippen LogP contribution in [0.5, 0.6) is 0 Å². The molecule has 2 aliphatic rings. The first kappa shape index (κ1) is 18.6. The molecule has 0 bridgehead atoms. The summed E-state index contributed by atoms with van der Waals surface area (Å²) >= 11 is 0. The number of benzene rings is 2. The highest BCUT2D eigenvalue weighted by molar-refractivity contribution is 5.95. The lowest BCUT2D eigenvalue weighted by molar-refractivity contribution is 0.0693. The molecule has 144 valence electrons. The molecule has 1 fully saturated rings. The van der Waals surface area contributed by atoms with Crippen LogP contribution in [0.15, 0.2) is 65.3 Å². The molecule has 0 atom stereocenters. The smallest absolute Gasteiger partial charge is 0.253 e. The highest BCUT2D eigenvalue weighted by Crippen LogP contribution is 2.26. The fourth-order valence-corrected chi connectivity index (χ4v) is 4.08. The average molecular weight is 376 g/mol. The van der Waals surface area contributed by atoms with E-state index in [0.717, 1.165) is 50.0 Å². The second-order valence-corrected chi connectivity index (χ2v) is 7.72. The maximum Gasteiger partial charge on any atom is 0.253 e. The van der Waals surface area contributed by atoms with Crippen molar-refractivity contribution in [2.75, 3.05) is 13.1 Å². The van der Waals surface area contributed by atoms with Crippen LogP contribution in [0.4, 0.5) is 4.39 Å². The van der Waals surface area contributed by atoms with E-state index in [1.165, 1.54) is 11.8 Å². The van der Waals surface area contributed by atoms with E-state index in [-0.39, 0.29) is 11.7 Å². The highest BCUT2D eigenvalue weighted by Gasteiger charge is 2.25. The molecule has 4 rings (SSSR count). The van der Waals surface area contributed by atoms with Crippen LogP contribution in [-0.4, -0.2) is 29.6 Å². The SMILES string of the molecule is CC1=CCC(CC2CCN(C(=O)c3ccc(-c4ccccc4F)cc3)CC2)=N1. The Morgan fingerprint density at radius 2 is 1.82 bits per heavy atom. The van der Waals surface area contributed by atoms with Crippen molar-refractivity contribution in [3.63, 3.8) is 0 Å². The summed E-state index contributed by atoms with van der Waals surface area (Å²) in [4.78, 5) is 19.4. The average Bonchev–Trinajstić information content (AvgIpc) is 3.13. The van der Waals surface area contributed by atoms with E-state index in [4.69, 9.17) is 0 Å². The Balaban J connectivity index is 1.35. The van der Waals surface area contributed by atoms with Gasteiger partial charge < -0.3 is 4.90 Å². The van der Waals surface area contributed by atoms with Crippen molar-refractivity contribution in [2.24, 2.45) is 10.9 Å². The number of hydrogen-bond acceptors (Lipinski definition) is 2. The van der Waals surface area contributed by atoms with Gasteiger partial charge in [0.25, 0.3) is 5.91 Å². The summed E-state index contributed by atoms with van der Waals surface area (Å²) in [6.07, 6.45) is 6.26. The summed E-state index contributed by atoms with van der Waals surface area (Å²) in [7, 11) is 0. The zero-order valence-electron chi connectivity index (χ0n) is 16.2. The Morgan fingerprint density at radius 3 is 2.46 bits per heavy atom. The number of allylic oxidation sites excluding steroid dienone is 2. The van der Waals surface area contributed by atoms with Gasteiger partial charge in [-0.15, -0.1) is 0 Å². The largest absolute Gasteiger partial charge is 0.339 e. The number of carbonyl (C=O) groups excluding carboxylic acids is 1. The molecule has 0 spiro atoms. The van der Waals surface area contributed by atoms with Gasteiger partial charge in [0.1, 0.15) is 5.82 Å². The van der Waals surface area contributed by atoms with Crippen molar-refractivity contribution >= 4 is 11.6 Å². The molecule has 4 heteroatoms. The lowest BCUT2D eigenvalue weighted by atomic mass is 9.90. The van der Waals surface area contributed by atoms with Crippen molar-refractivity contribution in [3.8, 4) is 11.1 Å². The van der Waals surface area contributed by atoms with Crippen LogP contribution < -0.4 is 0 Å². The number of amides is 1. The van der Waals surface area contributed by atoms with Crippen molar-refractivity contribution in [1.82, 2.24) is 4.90 Å². The molecule has 3 nitrogen and oxygen atoms in total. The van der Waals surface area contributed by atoms with Crippen molar-refractivity contribution < 1.29 is 9.18 Å². The van der Waals surface area contributed by atoms with Crippen LogP contribution in [0, 0.1) is 11.7 Å². The molecule has 0 unspecified atom stereocenters. The number of carbonyl (C=O) groups is 1. The zero-order chi connectivity index (χ0) is 19.5. The molecule has 2 heterocycles. The number of halogens is 1. The Kier molecular flexibility index (Phi) is 5.38. The number of rotatable bonds is 4. The molecule has 2 aromatic rings. The van der Waals surface area contributed by atoms with E-state index in [0.29, 0.717) is 17.0 Å². The minimum atomic E-state index is -0.249. The van der Waals surface area contributed by atoms with Gasteiger partial charge in [0, 0.05) is 42.0 Å². The van der Waals surface area contributed by atoms with E-state index in [1.54, 1.807) is 24.3 Å². The van der Waals surface area contributed by atoms with Gasteiger partial charge in [-0.3, -0.25) is 9.79 Å². The molecule has 0 radical (unpaired) electrons. The van der Waals surface area contributed by atoms with Crippen molar-refractivity contribution in [3.05, 3.63) is 71.7 Å². The van der Waals surface area contributed by atoms with Crippen LogP contribution in [0.1, 0.15) is 43.0 Å². The third-order valence-electron chi connectivity index (χ3n) is 5.71. The molecule has 2 aliphatic heterocycles. The molecule has 1 saturated heterocycles. The normalized spacial score (nSPS) is 17.4. The van der Waals surface area contributed by atoms with Gasteiger partial charge in [0.05, 0.1) is 0 Å². The van der Waals surface area contributed by atoms with E-state index in [2.05, 4.69) is 11.1 Å². The fraction of sp³-hybridized carbons (Fsp3) is 0.333. The first-order valence-corrected chi connectivity index (χ1v) is 9.97. The number of nitrogens with zero attached hydrogens (tertiary/aromatic N) is 2.